The highest BCUT2D eigenvalue weighted by Gasteiger charge is 2.25. The molecule has 0 spiro atoms. The van der Waals surface area contributed by atoms with Crippen molar-refractivity contribution in [2.24, 2.45) is 0 Å². The van der Waals surface area contributed by atoms with Crippen LogP contribution >= 0.6 is 0 Å². The van der Waals surface area contributed by atoms with Crippen LogP contribution in [-0.2, 0) is 9.59 Å². The standard InChI is InChI=1S/C16H24O4.C15H20O4/c1-4-5-6-8-12(11-15(17)18)13-9-7-10-14(19-2)16(13)20-3;1-2-3-4-6-11(9-14(16)17)12-7-5-8-13-15(12)19-10-18-13/h7,9-10,12H,4-6,8,11H2,1-3H3,(H,17,18);5,7-8,11H,2-4,6,9-10H2,1H3,(H,16,17)/t12-;11-/m00/s1. The summed E-state index contributed by atoms with van der Waals surface area (Å²) in [4.78, 5) is 22.1. The lowest BCUT2D eigenvalue weighted by Crippen LogP contribution is -2.08. The van der Waals surface area contributed by atoms with Crippen molar-refractivity contribution in [1.82, 2.24) is 0 Å². The second-order valence-corrected chi connectivity index (χ2v) is 9.74. The lowest BCUT2D eigenvalue weighted by molar-refractivity contribution is -0.138. The van der Waals surface area contributed by atoms with Crippen LogP contribution in [0.3, 0.4) is 0 Å². The van der Waals surface area contributed by atoms with Crippen molar-refractivity contribution in [3.8, 4) is 23.0 Å². The monoisotopic (exact) mass is 544 g/mol. The summed E-state index contributed by atoms with van der Waals surface area (Å²) in [5.74, 6) is 1.17. The topological polar surface area (TPSA) is 112 Å². The largest absolute Gasteiger partial charge is 0.493 e. The second-order valence-electron chi connectivity index (χ2n) is 9.74. The number of hydrogen-bond acceptors (Lipinski definition) is 6. The summed E-state index contributed by atoms with van der Waals surface area (Å²) in [6, 6.07) is 11.3. The van der Waals surface area contributed by atoms with E-state index < -0.39 is 11.9 Å². The number of carbonyl (C=O) groups is 2. The van der Waals surface area contributed by atoms with Gasteiger partial charge < -0.3 is 29.2 Å². The number of carboxylic acids is 2. The zero-order valence-electron chi connectivity index (χ0n) is 23.7. The third kappa shape index (κ3) is 10.0. The summed E-state index contributed by atoms with van der Waals surface area (Å²) in [5, 5.41) is 18.2. The first-order valence-electron chi connectivity index (χ1n) is 13.9. The number of rotatable bonds is 16. The number of para-hydroxylation sites is 2. The minimum atomic E-state index is -0.781. The highest BCUT2D eigenvalue weighted by Crippen LogP contribution is 2.42. The van der Waals surface area contributed by atoms with Crippen LogP contribution in [0, 0.1) is 0 Å². The number of ether oxygens (including phenoxy) is 4. The fourth-order valence-corrected chi connectivity index (χ4v) is 4.95. The third-order valence-electron chi connectivity index (χ3n) is 6.89. The highest BCUT2D eigenvalue weighted by atomic mass is 16.7. The van der Waals surface area contributed by atoms with E-state index >= 15 is 0 Å². The molecular formula is C31H44O8. The van der Waals surface area contributed by atoms with E-state index in [0.29, 0.717) is 11.5 Å². The summed E-state index contributed by atoms with van der Waals surface area (Å²) >= 11 is 0. The predicted octanol–water partition coefficient (Wildman–Crippen LogP) is 7.40. The Morgan fingerprint density at radius 3 is 1.90 bits per heavy atom. The molecule has 1 aliphatic heterocycles. The van der Waals surface area contributed by atoms with E-state index in [-0.39, 0.29) is 31.5 Å². The van der Waals surface area contributed by atoms with E-state index in [4.69, 9.17) is 29.2 Å². The van der Waals surface area contributed by atoms with Crippen LogP contribution in [0.25, 0.3) is 0 Å². The first kappa shape index (κ1) is 31.8. The number of unbranched alkanes of at least 4 members (excludes halogenated alkanes) is 4. The summed E-state index contributed by atoms with van der Waals surface area (Å²) in [7, 11) is 3.18. The van der Waals surface area contributed by atoms with Crippen molar-refractivity contribution >= 4 is 11.9 Å². The van der Waals surface area contributed by atoms with Crippen molar-refractivity contribution < 1.29 is 38.7 Å². The first-order chi connectivity index (χ1) is 18.9. The molecule has 2 aromatic rings. The summed E-state index contributed by atoms with van der Waals surface area (Å²) < 4.78 is 21.5. The highest BCUT2D eigenvalue weighted by molar-refractivity contribution is 5.69. The molecule has 0 saturated heterocycles. The molecule has 0 unspecified atom stereocenters. The maximum atomic E-state index is 11.1. The van der Waals surface area contributed by atoms with Gasteiger partial charge in [0.25, 0.3) is 0 Å². The van der Waals surface area contributed by atoms with Crippen LogP contribution in [0.2, 0.25) is 0 Å². The molecule has 0 saturated carbocycles. The van der Waals surface area contributed by atoms with E-state index in [0.717, 1.165) is 74.0 Å². The first-order valence-corrected chi connectivity index (χ1v) is 13.9. The second kappa shape index (κ2) is 17.2. The SMILES string of the molecule is CCCCC[C@@H](CC(=O)O)c1cccc(OC)c1OC.CCCCC[C@@H](CC(=O)O)c1cccc2c1OCO2. The van der Waals surface area contributed by atoms with Gasteiger partial charge in [-0.1, -0.05) is 76.6 Å². The third-order valence-corrected chi connectivity index (χ3v) is 6.89. The van der Waals surface area contributed by atoms with Crippen molar-refractivity contribution in [2.45, 2.75) is 89.9 Å². The lowest BCUT2D eigenvalue weighted by Gasteiger charge is -2.20. The Morgan fingerprint density at radius 1 is 0.795 bits per heavy atom. The van der Waals surface area contributed by atoms with E-state index in [1.54, 1.807) is 14.2 Å². The molecule has 0 aliphatic carbocycles. The summed E-state index contributed by atoms with van der Waals surface area (Å²) in [6.07, 6.45) is 8.54. The zero-order chi connectivity index (χ0) is 28.6. The number of benzene rings is 2. The van der Waals surface area contributed by atoms with Crippen molar-refractivity contribution in [2.75, 3.05) is 21.0 Å². The molecule has 2 atom stereocenters. The van der Waals surface area contributed by atoms with Gasteiger partial charge in [-0.25, -0.2) is 0 Å². The van der Waals surface area contributed by atoms with Gasteiger partial charge in [-0.05, 0) is 36.8 Å². The molecule has 2 N–H and O–H groups in total. The molecule has 1 aliphatic rings. The number of aliphatic carboxylic acids is 2. The van der Waals surface area contributed by atoms with Crippen molar-refractivity contribution in [3.05, 3.63) is 47.5 Å². The fraction of sp³-hybridized carbons (Fsp3) is 0.548. The minimum absolute atomic E-state index is 0.000648. The molecule has 0 fully saturated rings. The Morgan fingerprint density at radius 2 is 1.36 bits per heavy atom. The molecule has 216 valence electrons. The number of fused-ring (bicyclic) bond motifs is 1. The Bertz CT molecular complexity index is 1040. The molecule has 3 rings (SSSR count). The lowest BCUT2D eigenvalue weighted by atomic mass is 9.89. The number of methoxy groups -OCH3 is 2. The van der Waals surface area contributed by atoms with Crippen molar-refractivity contribution in [3.63, 3.8) is 0 Å². The molecule has 0 bridgehead atoms. The van der Waals surface area contributed by atoms with Gasteiger partial charge in [0.15, 0.2) is 23.0 Å². The van der Waals surface area contributed by atoms with Crippen LogP contribution in [-0.4, -0.2) is 43.2 Å². The predicted molar refractivity (Wildman–Crippen MR) is 150 cm³/mol. The molecule has 2 aromatic carbocycles. The Labute approximate surface area is 232 Å². The van der Waals surface area contributed by atoms with Gasteiger partial charge in [-0.2, -0.15) is 0 Å². The zero-order valence-corrected chi connectivity index (χ0v) is 23.7. The number of hydrogen-bond donors (Lipinski definition) is 2. The molecule has 1 heterocycles. The Kier molecular flexibility index (Phi) is 14.0. The van der Waals surface area contributed by atoms with Gasteiger partial charge in [0.1, 0.15) is 0 Å². The summed E-state index contributed by atoms with van der Waals surface area (Å²) in [6.45, 7) is 4.50. The van der Waals surface area contributed by atoms with Gasteiger partial charge in [-0.3, -0.25) is 9.59 Å². The van der Waals surface area contributed by atoms with E-state index in [9.17, 15) is 9.59 Å². The van der Waals surface area contributed by atoms with E-state index in [2.05, 4.69) is 13.8 Å². The average Bonchev–Trinajstić information content (AvgIpc) is 3.41. The maximum absolute atomic E-state index is 11.1. The average molecular weight is 545 g/mol. The van der Waals surface area contributed by atoms with Crippen LogP contribution in [0.5, 0.6) is 23.0 Å². The fourth-order valence-electron chi connectivity index (χ4n) is 4.95. The number of carboxylic acid groups (broad SMARTS) is 2. The van der Waals surface area contributed by atoms with Crippen molar-refractivity contribution in [1.29, 1.82) is 0 Å². The molecular weight excluding hydrogens is 500 g/mol. The van der Waals surface area contributed by atoms with Crippen LogP contribution in [0.15, 0.2) is 36.4 Å². The van der Waals surface area contributed by atoms with E-state index in [1.165, 1.54) is 0 Å². The van der Waals surface area contributed by atoms with E-state index in [1.807, 2.05) is 36.4 Å². The van der Waals surface area contributed by atoms with Gasteiger partial charge in [0.05, 0.1) is 27.1 Å². The molecule has 8 nitrogen and oxygen atoms in total. The van der Waals surface area contributed by atoms with Gasteiger partial charge in [-0.15, -0.1) is 0 Å². The molecule has 39 heavy (non-hydrogen) atoms. The maximum Gasteiger partial charge on any atom is 0.303 e. The molecule has 0 amide bonds. The molecule has 0 radical (unpaired) electrons. The normalized spacial score (nSPS) is 13.1. The van der Waals surface area contributed by atoms with Gasteiger partial charge >= 0.3 is 11.9 Å². The Balaban J connectivity index is 0.000000274. The Hall–Kier alpha value is -3.42. The minimum Gasteiger partial charge on any atom is -0.493 e. The van der Waals surface area contributed by atoms with Gasteiger partial charge in [0, 0.05) is 11.1 Å². The van der Waals surface area contributed by atoms with Crippen LogP contribution < -0.4 is 18.9 Å². The van der Waals surface area contributed by atoms with Crippen LogP contribution in [0.4, 0.5) is 0 Å². The summed E-state index contributed by atoms with van der Waals surface area (Å²) in [5.41, 5.74) is 1.89. The van der Waals surface area contributed by atoms with Gasteiger partial charge in [0.2, 0.25) is 6.79 Å². The quantitative estimate of drug-likeness (QED) is 0.210. The van der Waals surface area contributed by atoms with Crippen LogP contribution in [0.1, 0.15) is 101 Å². The smallest absolute Gasteiger partial charge is 0.303 e. The molecule has 0 aromatic heterocycles. The molecule has 8 heteroatoms.